The lowest BCUT2D eigenvalue weighted by Crippen LogP contribution is -2.51. The van der Waals surface area contributed by atoms with E-state index in [1.54, 1.807) is 0 Å². The molecule has 0 saturated carbocycles. The van der Waals surface area contributed by atoms with E-state index in [-0.39, 0.29) is 36.8 Å². The fourth-order valence-corrected chi connectivity index (χ4v) is 3.57. The zero-order chi connectivity index (χ0) is 16.9. The summed E-state index contributed by atoms with van der Waals surface area (Å²) in [5.41, 5.74) is 2.00. The third-order valence-corrected chi connectivity index (χ3v) is 5.27. The SMILES string of the molecule is CC1NCCCC1NC(=O)c1cccc(CN2CCN(C)CC2)c1.Cl.Cl. The van der Waals surface area contributed by atoms with Gasteiger partial charge >= 0.3 is 0 Å². The van der Waals surface area contributed by atoms with Gasteiger partial charge in [0, 0.05) is 50.4 Å². The maximum Gasteiger partial charge on any atom is 0.251 e. The number of piperazine rings is 1. The number of carbonyl (C=O) groups is 1. The van der Waals surface area contributed by atoms with E-state index >= 15 is 0 Å². The number of halogens is 2. The van der Waals surface area contributed by atoms with Gasteiger partial charge in [-0.2, -0.15) is 0 Å². The van der Waals surface area contributed by atoms with Crippen LogP contribution >= 0.6 is 24.8 Å². The molecular weight excluding hydrogens is 371 g/mol. The van der Waals surface area contributed by atoms with Gasteiger partial charge in [0.15, 0.2) is 0 Å². The van der Waals surface area contributed by atoms with Crippen LogP contribution < -0.4 is 10.6 Å². The predicted octanol–water partition coefficient (Wildman–Crippen LogP) is 2.15. The maximum atomic E-state index is 12.6. The molecule has 0 aliphatic carbocycles. The summed E-state index contributed by atoms with van der Waals surface area (Å²) in [6.45, 7) is 8.55. The largest absolute Gasteiger partial charge is 0.348 e. The molecule has 148 valence electrons. The molecular formula is C19H32Cl2N4O. The minimum atomic E-state index is 0. The lowest BCUT2D eigenvalue weighted by atomic mass is 9.99. The highest BCUT2D eigenvalue weighted by Crippen LogP contribution is 2.13. The van der Waals surface area contributed by atoms with Gasteiger partial charge in [0.25, 0.3) is 5.91 Å². The van der Waals surface area contributed by atoms with Crippen molar-refractivity contribution in [3.05, 3.63) is 35.4 Å². The molecule has 2 fully saturated rings. The fraction of sp³-hybridized carbons (Fsp3) is 0.632. The van der Waals surface area contributed by atoms with Crippen LogP contribution in [0.1, 0.15) is 35.7 Å². The molecule has 2 atom stereocenters. The van der Waals surface area contributed by atoms with Gasteiger partial charge in [0.05, 0.1) is 0 Å². The molecule has 1 aromatic rings. The molecule has 2 saturated heterocycles. The topological polar surface area (TPSA) is 47.6 Å². The van der Waals surface area contributed by atoms with Crippen LogP contribution in [0.25, 0.3) is 0 Å². The number of benzene rings is 1. The summed E-state index contributed by atoms with van der Waals surface area (Å²) in [4.78, 5) is 17.4. The Morgan fingerprint density at radius 1 is 1.23 bits per heavy atom. The second-order valence-electron chi connectivity index (χ2n) is 7.24. The van der Waals surface area contributed by atoms with Gasteiger partial charge in [0.1, 0.15) is 0 Å². The summed E-state index contributed by atoms with van der Waals surface area (Å²) in [6, 6.07) is 8.67. The van der Waals surface area contributed by atoms with Gasteiger partial charge in [0.2, 0.25) is 0 Å². The van der Waals surface area contributed by atoms with Gasteiger partial charge in [-0.05, 0) is 51.1 Å². The average molecular weight is 403 g/mol. The van der Waals surface area contributed by atoms with Crippen LogP contribution in [0.5, 0.6) is 0 Å². The minimum absolute atomic E-state index is 0. The van der Waals surface area contributed by atoms with Gasteiger partial charge < -0.3 is 15.5 Å². The van der Waals surface area contributed by atoms with Gasteiger partial charge in [-0.1, -0.05) is 12.1 Å². The fourth-order valence-electron chi connectivity index (χ4n) is 3.57. The van der Waals surface area contributed by atoms with E-state index in [2.05, 4.69) is 46.5 Å². The van der Waals surface area contributed by atoms with Crippen LogP contribution in [-0.4, -0.2) is 67.6 Å². The Morgan fingerprint density at radius 2 is 1.96 bits per heavy atom. The van der Waals surface area contributed by atoms with E-state index in [9.17, 15) is 4.79 Å². The zero-order valence-corrected chi connectivity index (χ0v) is 17.4. The first-order chi connectivity index (χ1) is 11.6. The van der Waals surface area contributed by atoms with E-state index in [0.29, 0.717) is 6.04 Å². The Balaban J connectivity index is 0.00000169. The van der Waals surface area contributed by atoms with Crippen molar-refractivity contribution in [3.63, 3.8) is 0 Å². The van der Waals surface area contributed by atoms with Crippen molar-refractivity contribution in [3.8, 4) is 0 Å². The molecule has 5 nitrogen and oxygen atoms in total. The molecule has 2 heterocycles. The number of hydrogen-bond acceptors (Lipinski definition) is 4. The number of piperidine rings is 1. The van der Waals surface area contributed by atoms with E-state index in [1.807, 2.05) is 12.1 Å². The monoisotopic (exact) mass is 402 g/mol. The highest BCUT2D eigenvalue weighted by atomic mass is 35.5. The number of hydrogen-bond donors (Lipinski definition) is 2. The van der Waals surface area contributed by atoms with Crippen molar-refractivity contribution < 1.29 is 4.79 Å². The number of likely N-dealkylation sites (N-methyl/N-ethyl adjacent to an activating group) is 1. The van der Waals surface area contributed by atoms with E-state index in [0.717, 1.165) is 57.7 Å². The van der Waals surface area contributed by atoms with Crippen molar-refractivity contribution in [2.75, 3.05) is 39.8 Å². The molecule has 1 amide bonds. The highest BCUT2D eigenvalue weighted by Gasteiger charge is 2.23. The van der Waals surface area contributed by atoms with Crippen molar-refractivity contribution in [1.82, 2.24) is 20.4 Å². The van der Waals surface area contributed by atoms with Gasteiger partial charge in [-0.3, -0.25) is 9.69 Å². The molecule has 0 spiro atoms. The molecule has 2 aliphatic heterocycles. The Hall–Kier alpha value is -0.850. The Kier molecular flexibility index (Phi) is 9.90. The second kappa shape index (κ2) is 11.1. The number of amides is 1. The third-order valence-electron chi connectivity index (χ3n) is 5.27. The summed E-state index contributed by atoms with van der Waals surface area (Å²) < 4.78 is 0. The summed E-state index contributed by atoms with van der Waals surface area (Å²) >= 11 is 0. The lowest BCUT2D eigenvalue weighted by molar-refractivity contribution is 0.0919. The molecule has 0 aromatic heterocycles. The molecule has 1 aromatic carbocycles. The van der Waals surface area contributed by atoms with Gasteiger partial charge in [-0.25, -0.2) is 0 Å². The zero-order valence-electron chi connectivity index (χ0n) is 15.7. The van der Waals surface area contributed by atoms with Crippen LogP contribution in [0.15, 0.2) is 24.3 Å². The normalized spacial score (nSPS) is 24.2. The quantitative estimate of drug-likeness (QED) is 0.809. The van der Waals surface area contributed by atoms with Crippen molar-refractivity contribution >= 4 is 30.7 Å². The smallest absolute Gasteiger partial charge is 0.251 e. The van der Waals surface area contributed by atoms with Crippen LogP contribution in [0.3, 0.4) is 0 Å². The Bertz CT molecular complexity index is 564. The predicted molar refractivity (Wildman–Crippen MR) is 112 cm³/mol. The molecule has 2 N–H and O–H groups in total. The highest BCUT2D eigenvalue weighted by molar-refractivity contribution is 5.94. The minimum Gasteiger partial charge on any atom is -0.348 e. The molecule has 2 unspecified atom stereocenters. The maximum absolute atomic E-state index is 12.6. The molecule has 2 aliphatic rings. The van der Waals surface area contributed by atoms with Crippen LogP contribution in [0.4, 0.5) is 0 Å². The van der Waals surface area contributed by atoms with Crippen molar-refractivity contribution in [2.24, 2.45) is 0 Å². The van der Waals surface area contributed by atoms with E-state index in [1.165, 1.54) is 5.56 Å². The van der Waals surface area contributed by atoms with Crippen LogP contribution in [0.2, 0.25) is 0 Å². The first kappa shape index (κ1) is 23.2. The summed E-state index contributed by atoms with van der Waals surface area (Å²) in [6.07, 6.45) is 2.18. The van der Waals surface area contributed by atoms with Crippen molar-refractivity contribution in [2.45, 2.75) is 38.4 Å². The average Bonchev–Trinajstić information content (AvgIpc) is 2.59. The van der Waals surface area contributed by atoms with Gasteiger partial charge in [-0.15, -0.1) is 24.8 Å². The molecule has 3 rings (SSSR count). The number of nitrogens with one attached hydrogen (secondary N) is 2. The molecule has 0 radical (unpaired) electrons. The summed E-state index contributed by atoms with van der Waals surface area (Å²) in [5, 5.41) is 6.63. The molecule has 7 heteroatoms. The number of nitrogens with zero attached hydrogens (tertiary/aromatic N) is 2. The third kappa shape index (κ3) is 6.39. The van der Waals surface area contributed by atoms with E-state index < -0.39 is 0 Å². The van der Waals surface area contributed by atoms with Crippen LogP contribution in [0, 0.1) is 0 Å². The Morgan fingerprint density at radius 3 is 2.65 bits per heavy atom. The van der Waals surface area contributed by atoms with Crippen molar-refractivity contribution in [1.29, 1.82) is 0 Å². The first-order valence-electron chi connectivity index (χ1n) is 9.16. The second-order valence-corrected chi connectivity index (χ2v) is 7.24. The van der Waals surface area contributed by atoms with E-state index in [4.69, 9.17) is 0 Å². The Labute approximate surface area is 169 Å². The lowest BCUT2D eigenvalue weighted by Gasteiger charge is -2.32. The number of rotatable bonds is 4. The van der Waals surface area contributed by atoms with Crippen LogP contribution in [-0.2, 0) is 6.54 Å². The first-order valence-corrected chi connectivity index (χ1v) is 9.16. The molecule has 26 heavy (non-hydrogen) atoms. The number of carbonyl (C=O) groups excluding carboxylic acids is 1. The summed E-state index contributed by atoms with van der Waals surface area (Å²) in [7, 11) is 2.17. The summed E-state index contributed by atoms with van der Waals surface area (Å²) in [5.74, 6) is 0.0516. The standard InChI is InChI=1S/C19H30N4O.2ClH/c1-15-18(7-4-8-20-15)21-19(24)17-6-3-5-16(13-17)14-23-11-9-22(2)10-12-23;;/h3,5-6,13,15,18,20H,4,7-12,14H2,1-2H3,(H,21,24);2*1H. The molecule has 0 bridgehead atoms.